The van der Waals surface area contributed by atoms with Crippen LogP contribution in [0.15, 0.2) is 23.1 Å². The number of amides is 1. The van der Waals surface area contributed by atoms with Gasteiger partial charge in [0.2, 0.25) is 10.0 Å². The minimum Gasteiger partial charge on any atom is -0.378 e. The third-order valence-corrected chi connectivity index (χ3v) is 6.16. The quantitative estimate of drug-likeness (QED) is 0.670. The molecule has 2 N–H and O–H groups in total. The largest absolute Gasteiger partial charge is 0.378 e. The molecule has 0 bridgehead atoms. The Morgan fingerprint density at radius 3 is 2.68 bits per heavy atom. The predicted octanol–water partition coefficient (Wildman–Crippen LogP) is 2.72. The number of ether oxygens (including phenoxy) is 1. The molecule has 0 atom stereocenters. The first-order chi connectivity index (χ1) is 11.9. The number of nitrogens with one attached hydrogen (secondary N) is 2. The molecule has 1 fully saturated rings. The van der Waals surface area contributed by atoms with Crippen LogP contribution in [0.3, 0.4) is 0 Å². The van der Waals surface area contributed by atoms with Crippen LogP contribution in [-0.2, 0) is 14.8 Å². The first kappa shape index (κ1) is 20.2. The second kappa shape index (κ2) is 9.52. The highest BCUT2D eigenvalue weighted by molar-refractivity contribution is 7.89. The van der Waals surface area contributed by atoms with E-state index in [1.54, 1.807) is 0 Å². The fourth-order valence-corrected chi connectivity index (χ4v) is 4.07. The summed E-state index contributed by atoms with van der Waals surface area (Å²) in [6.07, 6.45) is 7.08. The Kier molecular flexibility index (Phi) is 7.68. The van der Waals surface area contributed by atoms with Crippen molar-refractivity contribution in [2.45, 2.75) is 49.5 Å². The molecule has 1 aliphatic carbocycles. The summed E-state index contributed by atoms with van der Waals surface area (Å²) >= 11 is 5.92. The maximum absolute atomic E-state index is 12.2. The highest BCUT2D eigenvalue weighted by atomic mass is 35.5. The van der Waals surface area contributed by atoms with Gasteiger partial charge in [-0.05, 0) is 44.5 Å². The number of hydrogen-bond donors (Lipinski definition) is 2. The lowest BCUT2D eigenvalue weighted by molar-refractivity contribution is 0.0273. The van der Waals surface area contributed by atoms with Gasteiger partial charge in [-0.15, -0.1) is 0 Å². The number of hydrogen-bond acceptors (Lipinski definition) is 4. The average molecular weight is 389 g/mol. The van der Waals surface area contributed by atoms with Crippen molar-refractivity contribution in [3.8, 4) is 0 Å². The molecule has 1 aromatic rings. The Bertz CT molecular complexity index is 688. The van der Waals surface area contributed by atoms with Crippen LogP contribution in [0.1, 0.15) is 48.9 Å². The molecule has 0 heterocycles. The number of sulfonamides is 1. The van der Waals surface area contributed by atoms with Gasteiger partial charge in [0.05, 0.1) is 11.1 Å². The zero-order chi connectivity index (χ0) is 18.3. The van der Waals surface area contributed by atoms with E-state index in [1.807, 2.05) is 0 Å². The summed E-state index contributed by atoms with van der Waals surface area (Å²) in [5.41, 5.74) is 0.256. The van der Waals surface area contributed by atoms with E-state index in [1.165, 1.54) is 44.5 Å². The number of halogens is 1. The molecule has 1 aromatic carbocycles. The summed E-state index contributed by atoms with van der Waals surface area (Å²) < 4.78 is 31.8. The first-order valence-electron chi connectivity index (χ1n) is 8.57. The molecule has 1 amide bonds. The lowest BCUT2D eigenvalue weighted by atomic mass is 9.98. The van der Waals surface area contributed by atoms with Crippen molar-refractivity contribution in [2.24, 2.45) is 0 Å². The minimum absolute atomic E-state index is 0.0757. The maximum atomic E-state index is 12.2. The van der Waals surface area contributed by atoms with Crippen molar-refractivity contribution in [1.29, 1.82) is 0 Å². The van der Waals surface area contributed by atoms with E-state index in [0.717, 1.165) is 19.3 Å². The molecule has 0 unspecified atom stereocenters. The van der Waals surface area contributed by atoms with Crippen molar-refractivity contribution >= 4 is 27.5 Å². The van der Waals surface area contributed by atoms with Gasteiger partial charge in [-0.2, -0.15) is 0 Å². The number of carbonyl (C=O) groups excluding carboxylic acids is 1. The van der Waals surface area contributed by atoms with Crippen LogP contribution in [0, 0.1) is 0 Å². The Morgan fingerprint density at radius 2 is 2.00 bits per heavy atom. The van der Waals surface area contributed by atoms with Crippen LogP contribution in [-0.4, -0.2) is 40.6 Å². The Morgan fingerprint density at radius 1 is 1.28 bits per heavy atom. The van der Waals surface area contributed by atoms with Gasteiger partial charge in [-0.25, -0.2) is 13.1 Å². The maximum Gasteiger partial charge on any atom is 0.251 e. The van der Waals surface area contributed by atoms with Crippen molar-refractivity contribution in [3.63, 3.8) is 0 Å². The van der Waals surface area contributed by atoms with E-state index in [-0.39, 0.29) is 21.4 Å². The smallest absolute Gasteiger partial charge is 0.251 e. The van der Waals surface area contributed by atoms with Gasteiger partial charge in [0.15, 0.2) is 0 Å². The van der Waals surface area contributed by atoms with E-state index in [0.29, 0.717) is 19.3 Å². The molecule has 1 aliphatic rings. The summed E-state index contributed by atoms with van der Waals surface area (Å²) in [5.74, 6) is -0.332. The Labute approximate surface area is 154 Å². The van der Waals surface area contributed by atoms with Crippen LogP contribution in [0.2, 0.25) is 5.02 Å². The summed E-state index contributed by atoms with van der Waals surface area (Å²) in [7, 11) is -2.41. The van der Waals surface area contributed by atoms with E-state index >= 15 is 0 Å². The SMILES string of the molecule is CNS(=O)(=O)c1cc(C(=O)NCCCOC2CCCCC2)ccc1Cl. The van der Waals surface area contributed by atoms with Gasteiger partial charge in [-0.1, -0.05) is 30.9 Å². The summed E-state index contributed by atoms with van der Waals surface area (Å²) in [6.45, 7) is 1.09. The van der Waals surface area contributed by atoms with Crippen molar-refractivity contribution < 1.29 is 17.9 Å². The van der Waals surface area contributed by atoms with Crippen molar-refractivity contribution in [2.75, 3.05) is 20.2 Å². The molecule has 8 heteroatoms. The standard InChI is InChI=1S/C17H25ClN2O4S/c1-19-25(22,23)16-12-13(8-9-15(16)18)17(21)20-10-5-11-24-14-6-3-2-4-7-14/h8-9,12,14,19H,2-7,10-11H2,1H3,(H,20,21). The molecule has 140 valence electrons. The topological polar surface area (TPSA) is 84.5 Å². The Balaban J connectivity index is 1.81. The molecular weight excluding hydrogens is 364 g/mol. The fraction of sp³-hybridized carbons (Fsp3) is 0.588. The van der Waals surface area contributed by atoms with Gasteiger partial charge in [0, 0.05) is 18.7 Å². The first-order valence-corrected chi connectivity index (χ1v) is 10.4. The van der Waals surface area contributed by atoms with E-state index in [9.17, 15) is 13.2 Å². The monoisotopic (exact) mass is 388 g/mol. The van der Waals surface area contributed by atoms with Crippen LogP contribution in [0.25, 0.3) is 0 Å². The molecule has 0 aromatic heterocycles. The second-order valence-electron chi connectivity index (χ2n) is 6.09. The average Bonchev–Trinajstić information content (AvgIpc) is 2.62. The third-order valence-electron chi connectivity index (χ3n) is 4.26. The van der Waals surface area contributed by atoms with Gasteiger partial charge < -0.3 is 10.1 Å². The fourth-order valence-electron chi connectivity index (χ4n) is 2.82. The van der Waals surface area contributed by atoms with Gasteiger partial charge in [0.1, 0.15) is 4.90 Å². The molecule has 0 spiro atoms. The molecule has 0 radical (unpaired) electrons. The number of rotatable bonds is 8. The number of benzene rings is 1. The second-order valence-corrected chi connectivity index (χ2v) is 8.36. The third kappa shape index (κ3) is 5.95. The highest BCUT2D eigenvalue weighted by Crippen LogP contribution is 2.22. The van der Waals surface area contributed by atoms with Crippen LogP contribution in [0.5, 0.6) is 0 Å². The number of carbonyl (C=O) groups is 1. The lowest BCUT2D eigenvalue weighted by Gasteiger charge is -2.21. The molecular formula is C17H25ClN2O4S. The van der Waals surface area contributed by atoms with E-state index in [2.05, 4.69) is 10.0 Å². The molecule has 1 saturated carbocycles. The molecule has 0 saturated heterocycles. The lowest BCUT2D eigenvalue weighted by Crippen LogP contribution is -2.27. The summed E-state index contributed by atoms with van der Waals surface area (Å²) in [4.78, 5) is 12.1. The molecule has 2 rings (SSSR count). The zero-order valence-corrected chi connectivity index (χ0v) is 16.0. The molecule has 6 nitrogen and oxygen atoms in total. The molecule has 0 aliphatic heterocycles. The van der Waals surface area contributed by atoms with Gasteiger partial charge in [0.25, 0.3) is 5.91 Å². The van der Waals surface area contributed by atoms with Crippen molar-refractivity contribution in [1.82, 2.24) is 10.0 Å². The Hall–Kier alpha value is -1.15. The normalized spacial score (nSPS) is 15.9. The summed E-state index contributed by atoms with van der Waals surface area (Å²) in [5, 5.41) is 2.85. The highest BCUT2D eigenvalue weighted by Gasteiger charge is 2.18. The van der Waals surface area contributed by atoms with Crippen LogP contribution < -0.4 is 10.0 Å². The van der Waals surface area contributed by atoms with Gasteiger partial charge in [-0.3, -0.25) is 4.79 Å². The predicted molar refractivity (Wildman–Crippen MR) is 97.5 cm³/mol. The van der Waals surface area contributed by atoms with Gasteiger partial charge >= 0.3 is 0 Å². The van der Waals surface area contributed by atoms with Crippen molar-refractivity contribution in [3.05, 3.63) is 28.8 Å². The minimum atomic E-state index is -3.71. The van der Waals surface area contributed by atoms with E-state index < -0.39 is 10.0 Å². The van der Waals surface area contributed by atoms with E-state index in [4.69, 9.17) is 16.3 Å². The zero-order valence-electron chi connectivity index (χ0n) is 14.4. The van der Waals surface area contributed by atoms with Crippen LogP contribution >= 0.6 is 11.6 Å². The summed E-state index contributed by atoms with van der Waals surface area (Å²) in [6, 6.07) is 4.19. The van der Waals surface area contributed by atoms with Crippen LogP contribution in [0.4, 0.5) is 0 Å². The molecule has 25 heavy (non-hydrogen) atoms.